The molecule has 5 fully saturated rings. The zero-order valence-electron chi connectivity index (χ0n) is 12.6. The minimum Gasteiger partial charge on any atom is -0.375 e. The quantitative estimate of drug-likeness (QED) is 0.703. The van der Waals surface area contributed by atoms with Gasteiger partial charge in [-0.1, -0.05) is 0 Å². The molecule has 2 heterocycles. The Morgan fingerprint density at radius 2 is 1.14 bits per heavy atom. The maximum absolute atomic E-state index is 6.09. The van der Waals surface area contributed by atoms with Crippen molar-refractivity contribution >= 4 is 0 Å². The van der Waals surface area contributed by atoms with Crippen LogP contribution in [-0.2, 0) is 18.9 Å². The predicted octanol–water partition coefficient (Wildman–Crippen LogP) is 2.01. The molecule has 6 unspecified atom stereocenters. The number of ether oxygens (including phenoxy) is 4. The highest BCUT2D eigenvalue weighted by molar-refractivity contribution is 5.02. The minimum atomic E-state index is 0.409. The zero-order chi connectivity index (χ0) is 13.8. The number of fused-ring (bicyclic) bond motifs is 5. The normalized spacial score (nSPS) is 53.7. The molecule has 2 aliphatic heterocycles. The highest BCUT2D eigenvalue weighted by atomic mass is 16.6. The lowest BCUT2D eigenvalue weighted by molar-refractivity contribution is -0.00964. The maximum atomic E-state index is 6.09. The van der Waals surface area contributed by atoms with Gasteiger partial charge in [0.2, 0.25) is 0 Å². The van der Waals surface area contributed by atoms with E-state index in [-0.39, 0.29) is 0 Å². The summed E-state index contributed by atoms with van der Waals surface area (Å²) in [5, 5.41) is 0. The van der Waals surface area contributed by atoms with E-state index in [0.29, 0.717) is 24.4 Å². The van der Waals surface area contributed by atoms with Crippen LogP contribution in [0.15, 0.2) is 0 Å². The molecule has 5 aliphatic rings. The fraction of sp³-hybridized carbons (Fsp3) is 1.00. The van der Waals surface area contributed by atoms with E-state index in [2.05, 4.69) is 0 Å². The second-order valence-corrected chi connectivity index (χ2v) is 7.85. The van der Waals surface area contributed by atoms with Crippen molar-refractivity contribution in [3.63, 3.8) is 0 Å². The molecule has 0 spiro atoms. The Morgan fingerprint density at radius 1 is 0.667 bits per heavy atom. The molecule has 0 aromatic carbocycles. The van der Waals surface area contributed by atoms with Crippen molar-refractivity contribution in [2.75, 3.05) is 26.4 Å². The molecule has 0 amide bonds. The summed E-state index contributed by atoms with van der Waals surface area (Å²) in [6.07, 6.45) is 8.42. The first-order valence-corrected chi connectivity index (χ1v) is 8.81. The van der Waals surface area contributed by atoms with Crippen LogP contribution in [0.1, 0.15) is 32.1 Å². The monoisotopic (exact) mass is 294 g/mol. The lowest BCUT2D eigenvalue weighted by Gasteiger charge is -2.30. The summed E-state index contributed by atoms with van der Waals surface area (Å²) in [4.78, 5) is 0. The minimum absolute atomic E-state index is 0.409. The molecule has 21 heavy (non-hydrogen) atoms. The summed E-state index contributed by atoms with van der Waals surface area (Å²) in [5.41, 5.74) is 0. The third kappa shape index (κ3) is 2.76. The molecular weight excluding hydrogens is 268 g/mol. The van der Waals surface area contributed by atoms with Crippen LogP contribution in [0.3, 0.4) is 0 Å². The van der Waals surface area contributed by atoms with Crippen molar-refractivity contribution in [3.8, 4) is 0 Å². The maximum Gasteiger partial charge on any atom is 0.104 e. The van der Waals surface area contributed by atoms with Gasteiger partial charge in [0, 0.05) is 0 Å². The highest BCUT2D eigenvalue weighted by Gasteiger charge is 2.52. The molecule has 0 aromatic heterocycles. The van der Waals surface area contributed by atoms with Crippen LogP contribution in [0.5, 0.6) is 0 Å². The topological polar surface area (TPSA) is 43.5 Å². The van der Waals surface area contributed by atoms with Gasteiger partial charge in [-0.15, -0.1) is 0 Å². The first-order valence-electron chi connectivity index (χ1n) is 8.81. The van der Waals surface area contributed by atoms with Gasteiger partial charge < -0.3 is 18.9 Å². The summed E-state index contributed by atoms with van der Waals surface area (Å²) in [5.74, 6) is 3.60. The average Bonchev–Trinajstić information content (AvgIpc) is 3.41. The molecule has 4 heteroatoms. The van der Waals surface area contributed by atoms with Crippen molar-refractivity contribution in [2.24, 2.45) is 23.7 Å². The Kier molecular flexibility index (Phi) is 3.28. The molecule has 2 bridgehead atoms. The van der Waals surface area contributed by atoms with Gasteiger partial charge >= 0.3 is 0 Å². The zero-order valence-corrected chi connectivity index (χ0v) is 12.6. The van der Waals surface area contributed by atoms with Gasteiger partial charge in [0.25, 0.3) is 0 Å². The molecular formula is C17H26O4. The van der Waals surface area contributed by atoms with Crippen molar-refractivity contribution in [1.82, 2.24) is 0 Å². The molecule has 2 saturated heterocycles. The van der Waals surface area contributed by atoms with Crippen LogP contribution < -0.4 is 0 Å². The van der Waals surface area contributed by atoms with E-state index >= 15 is 0 Å². The standard InChI is InChI=1S/C17H26O4/c1-10-2-12(18-6-14-8-20-14)3-11(1)17-5-13(4-16(10)17)19-7-15-9-21-15/h10-17H,1-9H2. The molecule has 4 nitrogen and oxygen atoms in total. The number of hydrogen-bond acceptors (Lipinski definition) is 4. The summed E-state index contributed by atoms with van der Waals surface area (Å²) >= 11 is 0. The number of hydrogen-bond donors (Lipinski definition) is 0. The summed E-state index contributed by atoms with van der Waals surface area (Å²) < 4.78 is 22.7. The SMILES string of the molecule is C1OC1COC1CC2CC(C1)C1CC(OCC3CO3)CC21. The molecule has 3 saturated carbocycles. The van der Waals surface area contributed by atoms with Crippen molar-refractivity contribution < 1.29 is 18.9 Å². The van der Waals surface area contributed by atoms with E-state index in [1.807, 2.05) is 0 Å². The fourth-order valence-corrected chi connectivity index (χ4v) is 5.28. The van der Waals surface area contributed by atoms with E-state index in [1.54, 1.807) is 0 Å². The Hall–Kier alpha value is -0.160. The van der Waals surface area contributed by atoms with Gasteiger partial charge in [0.05, 0.1) is 38.6 Å². The van der Waals surface area contributed by atoms with Crippen LogP contribution in [0.4, 0.5) is 0 Å². The van der Waals surface area contributed by atoms with E-state index < -0.39 is 0 Å². The van der Waals surface area contributed by atoms with E-state index in [1.165, 1.54) is 32.1 Å². The number of rotatable bonds is 6. The molecule has 6 atom stereocenters. The number of epoxide rings is 2. The lowest BCUT2D eigenvalue weighted by atomic mass is 9.83. The third-order valence-electron chi connectivity index (χ3n) is 6.41. The van der Waals surface area contributed by atoms with E-state index in [0.717, 1.165) is 50.1 Å². The van der Waals surface area contributed by atoms with Crippen molar-refractivity contribution in [3.05, 3.63) is 0 Å². The van der Waals surface area contributed by atoms with Gasteiger partial charge in [0.1, 0.15) is 12.2 Å². The van der Waals surface area contributed by atoms with Gasteiger partial charge in [0.15, 0.2) is 0 Å². The highest BCUT2D eigenvalue weighted by Crippen LogP contribution is 2.57. The molecule has 3 aliphatic carbocycles. The largest absolute Gasteiger partial charge is 0.375 e. The summed E-state index contributed by atoms with van der Waals surface area (Å²) in [7, 11) is 0. The molecule has 118 valence electrons. The van der Waals surface area contributed by atoms with Crippen LogP contribution in [0.2, 0.25) is 0 Å². The van der Waals surface area contributed by atoms with E-state index in [4.69, 9.17) is 18.9 Å². The Labute approximate surface area is 126 Å². The molecule has 0 radical (unpaired) electrons. The first kappa shape index (κ1) is 13.3. The van der Waals surface area contributed by atoms with Gasteiger partial charge in [-0.05, 0) is 55.8 Å². The molecule has 0 N–H and O–H groups in total. The average molecular weight is 294 g/mol. The Bertz CT molecular complexity index is 372. The van der Waals surface area contributed by atoms with Crippen LogP contribution in [-0.4, -0.2) is 50.8 Å². The second kappa shape index (κ2) is 5.19. The second-order valence-electron chi connectivity index (χ2n) is 7.85. The molecule has 0 aromatic rings. The van der Waals surface area contributed by atoms with Gasteiger partial charge in [-0.2, -0.15) is 0 Å². The van der Waals surface area contributed by atoms with E-state index in [9.17, 15) is 0 Å². The van der Waals surface area contributed by atoms with Gasteiger partial charge in [-0.3, -0.25) is 0 Å². The Morgan fingerprint density at radius 3 is 1.62 bits per heavy atom. The van der Waals surface area contributed by atoms with Crippen LogP contribution >= 0.6 is 0 Å². The van der Waals surface area contributed by atoms with Crippen LogP contribution in [0, 0.1) is 23.7 Å². The summed E-state index contributed by atoms with van der Waals surface area (Å²) in [6, 6.07) is 0. The van der Waals surface area contributed by atoms with Crippen molar-refractivity contribution in [1.29, 1.82) is 0 Å². The van der Waals surface area contributed by atoms with Crippen molar-refractivity contribution in [2.45, 2.75) is 56.5 Å². The van der Waals surface area contributed by atoms with Crippen LogP contribution in [0.25, 0.3) is 0 Å². The predicted molar refractivity (Wildman–Crippen MR) is 76.0 cm³/mol. The first-order chi connectivity index (χ1) is 10.3. The fourth-order valence-electron chi connectivity index (χ4n) is 5.28. The molecule has 5 rings (SSSR count). The third-order valence-corrected chi connectivity index (χ3v) is 6.41. The Balaban J connectivity index is 1.15. The lowest BCUT2D eigenvalue weighted by Crippen LogP contribution is -2.28. The smallest absolute Gasteiger partial charge is 0.104 e. The summed E-state index contributed by atoms with van der Waals surface area (Å²) in [6.45, 7) is 3.47. The van der Waals surface area contributed by atoms with Gasteiger partial charge in [-0.25, -0.2) is 0 Å².